The predicted molar refractivity (Wildman–Crippen MR) is 65.6 cm³/mol. The van der Waals surface area contributed by atoms with Gasteiger partial charge in [0, 0.05) is 32.7 Å². The molecule has 0 aromatic heterocycles. The number of hydrogen-bond acceptors (Lipinski definition) is 2. The first-order valence-electron chi connectivity index (χ1n) is 7.13. The third-order valence-corrected chi connectivity index (χ3v) is 4.94. The van der Waals surface area contributed by atoms with Crippen molar-refractivity contribution in [2.45, 2.75) is 44.9 Å². The first-order valence-corrected chi connectivity index (χ1v) is 7.13. The molecule has 2 heterocycles. The molecule has 17 heavy (non-hydrogen) atoms. The molecule has 1 saturated carbocycles. The Morgan fingerprint density at radius 1 is 1.29 bits per heavy atom. The molecule has 1 amide bonds. The van der Waals surface area contributed by atoms with Crippen LogP contribution >= 0.6 is 0 Å². The predicted octanol–water partition coefficient (Wildman–Crippen LogP) is 2.21. The van der Waals surface area contributed by atoms with Crippen LogP contribution in [0.15, 0.2) is 0 Å². The molecular weight excluding hydrogens is 214 g/mol. The Morgan fingerprint density at radius 2 is 2.12 bits per heavy atom. The summed E-state index contributed by atoms with van der Waals surface area (Å²) in [6, 6.07) is 0. The van der Waals surface area contributed by atoms with Crippen LogP contribution in [-0.4, -0.2) is 37.1 Å². The Kier molecular flexibility index (Phi) is 3.12. The summed E-state index contributed by atoms with van der Waals surface area (Å²) in [7, 11) is 0. The molecule has 3 nitrogen and oxygen atoms in total. The quantitative estimate of drug-likeness (QED) is 0.737. The van der Waals surface area contributed by atoms with Crippen LogP contribution in [0.4, 0.5) is 0 Å². The van der Waals surface area contributed by atoms with Gasteiger partial charge in [0.2, 0.25) is 5.91 Å². The lowest BCUT2D eigenvalue weighted by Crippen LogP contribution is -2.32. The van der Waals surface area contributed by atoms with E-state index in [0.717, 1.165) is 39.1 Å². The largest absolute Gasteiger partial charge is 0.381 e. The highest BCUT2D eigenvalue weighted by atomic mass is 16.5. The van der Waals surface area contributed by atoms with Gasteiger partial charge in [0.05, 0.1) is 0 Å². The molecule has 0 aromatic carbocycles. The van der Waals surface area contributed by atoms with Crippen LogP contribution in [0.25, 0.3) is 0 Å². The second kappa shape index (κ2) is 4.60. The molecule has 0 N–H and O–H groups in total. The van der Waals surface area contributed by atoms with Crippen molar-refractivity contribution in [3.05, 3.63) is 0 Å². The van der Waals surface area contributed by atoms with Crippen LogP contribution in [0.1, 0.15) is 44.9 Å². The lowest BCUT2D eigenvalue weighted by Gasteiger charge is -2.24. The molecule has 0 unspecified atom stereocenters. The third kappa shape index (κ3) is 2.35. The van der Waals surface area contributed by atoms with Crippen molar-refractivity contribution in [3.8, 4) is 0 Å². The topological polar surface area (TPSA) is 29.5 Å². The zero-order valence-corrected chi connectivity index (χ0v) is 10.6. The summed E-state index contributed by atoms with van der Waals surface area (Å²) in [5.41, 5.74) is 0.516. The molecular formula is C14H23NO2. The Hall–Kier alpha value is -0.570. The zero-order valence-electron chi connectivity index (χ0n) is 10.6. The van der Waals surface area contributed by atoms with E-state index < -0.39 is 0 Å². The number of likely N-dealkylation sites (tertiary alicyclic amines) is 1. The summed E-state index contributed by atoms with van der Waals surface area (Å²) in [6.07, 6.45) is 8.49. The van der Waals surface area contributed by atoms with E-state index in [1.165, 1.54) is 32.1 Å². The fourth-order valence-electron chi connectivity index (χ4n) is 3.80. The third-order valence-electron chi connectivity index (χ3n) is 4.94. The number of hydrogen-bond donors (Lipinski definition) is 0. The first kappa shape index (κ1) is 11.5. The van der Waals surface area contributed by atoms with Crippen LogP contribution in [0.5, 0.6) is 0 Å². The van der Waals surface area contributed by atoms with E-state index in [1.54, 1.807) is 0 Å². The summed E-state index contributed by atoms with van der Waals surface area (Å²) in [4.78, 5) is 14.3. The van der Waals surface area contributed by atoms with Crippen molar-refractivity contribution in [2.75, 3.05) is 26.3 Å². The minimum atomic E-state index is 0.379. The van der Waals surface area contributed by atoms with E-state index in [4.69, 9.17) is 4.74 Å². The Morgan fingerprint density at radius 3 is 2.82 bits per heavy atom. The van der Waals surface area contributed by atoms with Gasteiger partial charge in [-0.25, -0.2) is 0 Å². The van der Waals surface area contributed by atoms with E-state index in [9.17, 15) is 4.79 Å². The van der Waals surface area contributed by atoms with Crippen molar-refractivity contribution in [3.63, 3.8) is 0 Å². The van der Waals surface area contributed by atoms with Crippen molar-refractivity contribution < 1.29 is 9.53 Å². The van der Waals surface area contributed by atoms with Crippen molar-refractivity contribution in [1.29, 1.82) is 0 Å². The monoisotopic (exact) mass is 237 g/mol. The maximum Gasteiger partial charge on any atom is 0.222 e. The van der Waals surface area contributed by atoms with Gasteiger partial charge in [-0.2, -0.15) is 0 Å². The molecule has 2 saturated heterocycles. The maximum atomic E-state index is 12.2. The fraction of sp³-hybridized carbons (Fsp3) is 0.929. The molecule has 0 aromatic rings. The van der Waals surface area contributed by atoms with E-state index in [2.05, 4.69) is 4.90 Å². The average molecular weight is 237 g/mol. The summed E-state index contributed by atoms with van der Waals surface area (Å²) in [5.74, 6) is 0.868. The molecule has 3 rings (SSSR count). The average Bonchev–Trinajstić information content (AvgIpc) is 3.03. The summed E-state index contributed by atoms with van der Waals surface area (Å²) in [5, 5.41) is 0. The lowest BCUT2D eigenvalue weighted by molar-refractivity contribution is -0.131. The summed E-state index contributed by atoms with van der Waals surface area (Å²) in [6.45, 7) is 3.69. The van der Waals surface area contributed by atoms with Crippen molar-refractivity contribution >= 4 is 5.91 Å². The molecule has 3 aliphatic rings. The van der Waals surface area contributed by atoms with Gasteiger partial charge in [0.15, 0.2) is 0 Å². The molecule has 3 heteroatoms. The minimum absolute atomic E-state index is 0.379. The van der Waals surface area contributed by atoms with Crippen LogP contribution in [0.2, 0.25) is 0 Å². The molecule has 96 valence electrons. The van der Waals surface area contributed by atoms with Gasteiger partial charge in [-0.3, -0.25) is 4.79 Å². The van der Waals surface area contributed by atoms with Crippen molar-refractivity contribution in [1.82, 2.24) is 4.90 Å². The van der Waals surface area contributed by atoms with E-state index in [0.29, 0.717) is 17.2 Å². The van der Waals surface area contributed by atoms with Crippen molar-refractivity contribution in [2.24, 2.45) is 11.3 Å². The van der Waals surface area contributed by atoms with Crippen LogP contribution in [0, 0.1) is 11.3 Å². The number of nitrogens with zero attached hydrogens (tertiary/aromatic N) is 1. The zero-order chi connectivity index (χ0) is 11.7. The van der Waals surface area contributed by atoms with Gasteiger partial charge in [0.25, 0.3) is 0 Å². The SMILES string of the molecule is O=C(C[C@H]1CCOC1)N1CCC2(CCCC2)C1. The first-order chi connectivity index (χ1) is 8.27. The Balaban J connectivity index is 1.53. The number of ether oxygens (including phenoxy) is 1. The highest BCUT2D eigenvalue weighted by Crippen LogP contribution is 2.45. The maximum absolute atomic E-state index is 12.2. The number of carbonyl (C=O) groups excluding carboxylic acids is 1. The second-order valence-electron chi connectivity index (χ2n) is 6.21. The molecule has 0 radical (unpaired) electrons. The Bertz CT molecular complexity index is 291. The van der Waals surface area contributed by atoms with Gasteiger partial charge < -0.3 is 9.64 Å². The summed E-state index contributed by atoms with van der Waals surface area (Å²) >= 11 is 0. The number of carbonyl (C=O) groups is 1. The highest BCUT2D eigenvalue weighted by molar-refractivity contribution is 5.76. The van der Waals surface area contributed by atoms with E-state index in [1.807, 2.05) is 0 Å². The smallest absolute Gasteiger partial charge is 0.222 e. The lowest BCUT2D eigenvalue weighted by atomic mass is 9.86. The fourth-order valence-corrected chi connectivity index (χ4v) is 3.80. The number of amides is 1. The van der Waals surface area contributed by atoms with Crippen LogP contribution in [0.3, 0.4) is 0 Å². The second-order valence-corrected chi connectivity index (χ2v) is 6.21. The molecule has 2 aliphatic heterocycles. The minimum Gasteiger partial charge on any atom is -0.381 e. The Labute approximate surface area is 104 Å². The van der Waals surface area contributed by atoms with Gasteiger partial charge in [-0.15, -0.1) is 0 Å². The van der Waals surface area contributed by atoms with E-state index in [-0.39, 0.29) is 0 Å². The normalized spacial score (nSPS) is 31.5. The highest BCUT2D eigenvalue weighted by Gasteiger charge is 2.41. The molecule has 1 aliphatic carbocycles. The van der Waals surface area contributed by atoms with Crippen LogP contribution in [-0.2, 0) is 9.53 Å². The van der Waals surface area contributed by atoms with Gasteiger partial charge in [-0.1, -0.05) is 12.8 Å². The molecule has 3 fully saturated rings. The molecule has 0 bridgehead atoms. The molecule has 1 spiro atoms. The van der Waals surface area contributed by atoms with Gasteiger partial charge in [0.1, 0.15) is 0 Å². The summed E-state index contributed by atoms with van der Waals surface area (Å²) < 4.78 is 5.34. The van der Waals surface area contributed by atoms with Gasteiger partial charge >= 0.3 is 0 Å². The van der Waals surface area contributed by atoms with E-state index >= 15 is 0 Å². The standard InChI is InChI=1S/C14H23NO2/c16-13(9-12-3-8-17-10-12)15-7-6-14(11-15)4-1-2-5-14/h12H,1-11H2/t12-/m1/s1. The molecule has 1 atom stereocenters. The van der Waals surface area contributed by atoms with Gasteiger partial charge in [-0.05, 0) is 37.0 Å². The number of rotatable bonds is 2. The van der Waals surface area contributed by atoms with Crippen LogP contribution < -0.4 is 0 Å².